The van der Waals surface area contributed by atoms with E-state index in [1.807, 2.05) is 0 Å². The minimum absolute atomic E-state index is 0.0185. The van der Waals surface area contributed by atoms with Crippen LogP contribution in [0.25, 0.3) is 11.1 Å². The van der Waals surface area contributed by atoms with Crippen molar-refractivity contribution < 1.29 is 38.3 Å². The molecule has 0 radical (unpaired) electrons. The molecule has 0 spiro atoms. The standard InChI is InChI=1S/C30H31N3O8/c1-4-39-29(37)24-19-13-11-18(12-14-20(19)25(26(24)31)30(38)40-5-2)17-23(34)32(3)41-16-8-15-33-27(35)21-9-6-7-10-22(21)28(33)36/h6-7,9-14H,4-5,8,15-17,31H2,1-3H3. The SMILES string of the molecule is CCOC(=O)c1c2ccc(CC(=O)N(C)OCCCN3C(=O)c4ccccc4C3=O)ccc-2c(C(=O)OCC)c1N. The molecule has 2 N–H and O–H groups in total. The van der Waals surface area contributed by atoms with Crippen molar-refractivity contribution in [2.75, 3.05) is 39.1 Å². The van der Waals surface area contributed by atoms with Crippen LogP contribution in [0, 0.1) is 0 Å². The summed E-state index contributed by atoms with van der Waals surface area (Å²) in [6, 6.07) is 13.2. The largest absolute Gasteiger partial charge is 0.462 e. The smallest absolute Gasteiger partial charge is 0.340 e. The van der Waals surface area contributed by atoms with Gasteiger partial charge in [-0.15, -0.1) is 0 Å². The van der Waals surface area contributed by atoms with Gasteiger partial charge in [0.25, 0.3) is 11.8 Å². The fourth-order valence-corrected chi connectivity index (χ4v) is 4.66. The summed E-state index contributed by atoms with van der Waals surface area (Å²) in [5.41, 5.74) is 8.47. The van der Waals surface area contributed by atoms with Crippen molar-refractivity contribution in [3.8, 4) is 11.1 Å². The molecule has 0 aromatic heterocycles. The van der Waals surface area contributed by atoms with Crippen molar-refractivity contribution in [1.82, 2.24) is 9.96 Å². The lowest BCUT2D eigenvalue weighted by molar-refractivity contribution is -0.177. The van der Waals surface area contributed by atoms with Gasteiger partial charge in [-0.3, -0.25) is 24.1 Å². The molecule has 1 aromatic carbocycles. The lowest BCUT2D eigenvalue weighted by atomic mass is 10.1. The summed E-state index contributed by atoms with van der Waals surface area (Å²) in [7, 11) is 1.47. The number of amides is 3. The number of anilines is 1. The number of carbonyl (C=O) groups is 5. The van der Waals surface area contributed by atoms with E-state index in [-0.39, 0.29) is 67.3 Å². The van der Waals surface area contributed by atoms with Gasteiger partial charge in [-0.05, 0) is 49.1 Å². The van der Waals surface area contributed by atoms with Gasteiger partial charge in [-0.2, -0.15) is 0 Å². The van der Waals surface area contributed by atoms with Crippen molar-refractivity contribution in [3.05, 3.63) is 76.3 Å². The minimum atomic E-state index is -0.663. The third-order valence-electron chi connectivity index (χ3n) is 6.65. The van der Waals surface area contributed by atoms with Gasteiger partial charge in [0.15, 0.2) is 0 Å². The molecule has 0 atom stereocenters. The first kappa shape index (κ1) is 29.2. The van der Waals surface area contributed by atoms with Crippen LogP contribution >= 0.6 is 0 Å². The summed E-state index contributed by atoms with van der Waals surface area (Å²) < 4.78 is 10.3. The van der Waals surface area contributed by atoms with Crippen molar-refractivity contribution in [2.24, 2.45) is 0 Å². The van der Waals surface area contributed by atoms with E-state index >= 15 is 0 Å². The molecule has 2 aliphatic carbocycles. The predicted octanol–water partition coefficient (Wildman–Crippen LogP) is 3.35. The van der Waals surface area contributed by atoms with Crippen LogP contribution in [0.2, 0.25) is 0 Å². The fourth-order valence-electron chi connectivity index (χ4n) is 4.66. The molecule has 11 heteroatoms. The Balaban J connectivity index is 1.41. The molecule has 11 nitrogen and oxygen atoms in total. The number of rotatable bonds is 11. The maximum Gasteiger partial charge on any atom is 0.340 e. The first-order valence-corrected chi connectivity index (χ1v) is 13.2. The van der Waals surface area contributed by atoms with Crippen LogP contribution in [-0.2, 0) is 25.5 Å². The zero-order valence-corrected chi connectivity index (χ0v) is 23.1. The molecule has 1 aromatic rings. The third-order valence-corrected chi connectivity index (χ3v) is 6.65. The number of hydroxylamine groups is 2. The number of nitrogen functional groups attached to an aromatic ring is 1. The second kappa shape index (κ2) is 12.6. The summed E-state index contributed by atoms with van der Waals surface area (Å²) in [5.74, 6) is -2.37. The number of hydrogen-bond donors (Lipinski definition) is 1. The van der Waals surface area contributed by atoms with E-state index in [0.29, 0.717) is 34.2 Å². The number of likely N-dealkylation sites (N-methyl/N-ethyl adjacent to an activating group) is 1. The molecule has 1 heterocycles. The molecule has 0 saturated heterocycles. The summed E-state index contributed by atoms with van der Waals surface area (Å²) >= 11 is 0. The maximum atomic E-state index is 12.8. The molecular formula is C30H31N3O8. The van der Waals surface area contributed by atoms with Gasteiger partial charge in [-0.25, -0.2) is 14.7 Å². The summed E-state index contributed by atoms with van der Waals surface area (Å²) in [5, 5.41) is 1.10. The molecule has 0 fully saturated rings. The minimum Gasteiger partial charge on any atom is -0.462 e. The number of hydrogen-bond acceptors (Lipinski definition) is 9. The Labute approximate surface area is 237 Å². The van der Waals surface area contributed by atoms with Gasteiger partial charge in [0, 0.05) is 13.6 Å². The van der Waals surface area contributed by atoms with E-state index in [1.54, 1.807) is 62.4 Å². The highest BCUT2D eigenvalue weighted by Gasteiger charge is 2.34. The zero-order valence-electron chi connectivity index (χ0n) is 23.1. The Morgan fingerprint density at radius 3 is 1.80 bits per heavy atom. The van der Waals surface area contributed by atoms with Crippen molar-refractivity contribution in [1.29, 1.82) is 0 Å². The first-order valence-electron chi connectivity index (χ1n) is 13.2. The van der Waals surface area contributed by atoms with E-state index in [2.05, 4.69) is 0 Å². The number of carbonyl (C=O) groups excluding carboxylic acids is 5. The number of fused-ring (bicyclic) bond motifs is 2. The van der Waals surface area contributed by atoms with Crippen LogP contribution in [0.4, 0.5) is 5.69 Å². The van der Waals surface area contributed by atoms with E-state index in [0.717, 1.165) is 5.06 Å². The zero-order chi connectivity index (χ0) is 29.7. The Morgan fingerprint density at radius 1 is 0.805 bits per heavy atom. The molecule has 3 aliphatic rings. The Bertz CT molecular complexity index is 1390. The molecule has 0 unspecified atom stereocenters. The number of nitrogens with two attached hydrogens (primary N) is 1. The summed E-state index contributed by atoms with van der Waals surface area (Å²) in [6.45, 7) is 3.85. The van der Waals surface area contributed by atoms with E-state index in [9.17, 15) is 24.0 Å². The normalized spacial score (nSPS) is 12.4. The van der Waals surface area contributed by atoms with Gasteiger partial charge in [0.2, 0.25) is 5.91 Å². The molecular weight excluding hydrogens is 530 g/mol. The van der Waals surface area contributed by atoms with E-state index in [4.69, 9.17) is 20.0 Å². The van der Waals surface area contributed by atoms with Gasteiger partial charge < -0.3 is 15.2 Å². The highest BCUT2D eigenvalue weighted by molar-refractivity contribution is 6.21. The molecule has 0 saturated carbocycles. The molecule has 3 amide bonds. The van der Waals surface area contributed by atoms with E-state index in [1.165, 1.54) is 11.9 Å². The Morgan fingerprint density at radius 2 is 1.32 bits per heavy atom. The second-order valence-corrected chi connectivity index (χ2v) is 9.24. The van der Waals surface area contributed by atoms with Crippen LogP contribution in [0.3, 0.4) is 0 Å². The average molecular weight is 562 g/mol. The number of nitrogens with zero attached hydrogens (tertiary/aromatic N) is 2. The number of imide groups is 1. The second-order valence-electron chi connectivity index (χ2n) is 9.24. The van der Waals surface area contributed by atoms with Crippen molar-refractivity contribution in [3.63, 3.8) is 0 Å². The van der Waals surface area contributed by atoms with Gasteiger partial charge >= 0.3 is 11.9 Å². The topological polar surface area (TPSA) is 146 Å². The van der Waals surface area contributed by atoms with Crippen molar-refractivity contribution >= 4 is 35.3 Å². The van der Waals surface area contributed by atoms with Crippen LogP contribution in [0.5, 0.6) is 0 Å². The number of esters is 2. The summed E-state index contributed by atoms with van der Waals surface area (Å²) in [4.78, 5) is 69.8. The fraction of sp³-hybridized carbons (Fsp3) is 0.300. The number of benzene rings is 1. The van der Waals surface area contributed by atoms with Crippen LogP contribution in [-0.4, -0.2) is 73.0 Å². The lowest BCUT2D eigenvalue weighted by Gasteiger charge is -2.18. The van der Waals surface area contributed by atoms with E-state index < -0.39 is 11.9 Å². The molecule has 0 bridgehead atoms. The van der Waals surface area contributed by atoms with Crippen LogP contribution in [0.15, 0.2) is 48.5 Å². The maximum absolute atomic E-state index is 12.8. The summed E-state index contributed by atoms with van der Waals surface area (Å²) in [6.07, 6.45) is 0.304. The highest BCUT2D eigenvalue weighted by atomic mass is 16.7. The lowest BCUT2D eigenvalue weighted by Crippen LogP contribution is -2.33. The van der Waals surface area contributed by atoms with Gasteiger partial charge in [-0.1, -0.05) is 36.4 Å². The highest BCUT2D eigenvalue weighted by Crippen LogP contribution is 2.39. The van der Waals surface area contributed by atoms with Crippen LogP contribution in [0.1, 0.15) is 67.3 Å². The monoisotopic (exact) mass is 561 g/mol. The molecule has 1 aliphatic heterocycles. The van der Waals surface area contributed by atoms with Gasteiger partial charge in [0.05, 0.1) is 54.2 Å². The quantitative estimate of drug-likeness (QED) is 0.161. The predicted molar refractivity (Wildman–Crippen MR) is 148 cm³/mol. The van der Waals surface area contributed by atoms with Crippen LogP contribution < -0.4 is 5.73 Å². The Hall–Kier alpha value is -4.77. The molecule has 41 heavy (non-hydrogen) atoms. The molecule has 4 rings (SSSR count). The average Bonchev–Trinajstić information content (AvgIpc) is 3.27. The molecule has 214 valence electrons. The van der Waals surface area contributed by atoms with Gasteiger partial charge in [0.1, 0.15) is 0 Å². The first-order chi connectivity index (χ1) is 19.7. The number of ether oxygens (including phenoxy) is 2. The van der Waals surface area contributed by atoms with Crippen molar-refractivity contribution in [2.45, 2.75) is 26.7 Å². The third kappa shape index (κ3) is 5.90. The Kier molecular flexibility index (Phi) is 8.98.